The minimum Gasteiger partial charge on any atom is -0.507 e. The zero-order valence-electron chi connectivity index (χ0n) is 19.8. The number of aromatic hydroxyl groups is 1. The third kappa shape index (κ3) is 5.08. The highest BCUT2D eigenvalue weighted by Gasteiger charge is 2.22. The molecule has 2 aromatic carbocycles. The quantitative estimate of drug-likeness (QED) is 0.524. The number of carbonyl (C=O) groups excluding carboxylic acids is 1. The summed E-state index contributed by atoms with van der Waals surface area (Å²) in [7, 11) is 2.09. The van der Waals surface area contributed by atoms with Crippen molar-refractivity contribution in [3.63, 3.8) is 0 Å². The molecular formula is C26H30N2O6. The van der Waals surface area contributed by atoms with Crippen LogP contribution in [0.15, 0.2) is 45.6 Å². The minimum absolute atomic E-state index is 0.0741. The monoisotopic (exact) mass is 466 g/mol. The van der Waals surface area contributed by atoms with Gasteiger partial charge in [0.25, 0.3) is 0 Å². The summed E-state index contributed by atoms with van der Waals surface area (Å²) in [4.78, 5) is 29.8. The number of hydrogen-bond acceptors (Lipinski definition) is 8. The van der Waals surface area contributed by atoms with Gasteiger partial charge in [-0.3, -0.25) is 9.69 Å². The highest BCUT2D eigenvalue weighted by Crippen LogP contribution is 2.32. The first kappa shape index (κ1) is 23.8. The number of aryl methyl sites for hydroxylation is 1. The molecule has 0 spiro atoms. The van der Waals surface area contributed by atoms with Crippen LogP contribution in [0.3, 0.4) is 0 Å². The fraction of sp³-hybridized carbons (Fsp3) is 0.385. The van der Waals surface area contributed by atoms with Crippen molar-refractivity contribution in [1.29, 1.82) is 0 Å². The molecule has 0 atom stereocenters. The highest BCUT2D eigenvalue weighted by atomic mass is 16.5. The summed E-state index contributed by atoms with van der Waals surface area (Å²) >= 11 is 0. The Kier molecular flexibility index (Phi) is 7.19. The third-order valence-corrected chi connectivity index (χ3v) is 5.99. The van der Waals surface area contributed by atoms with Crippen LogP contribution in [-0.2, 0) is 11.3 Å². The van der Waals surface area contributed by atoms with Gasteiger partial charge < -0.3 is 23.9 Å². The van der Waals surface area contributed by atoms with Crippen LogP contribution in [0.5, 0.6) is 17.2 Å². The van der Waals surface area contributed by atoms with Gasteiger partial charge in [-0.2, -0.15) is 0 Å². The Balaban J connectivity index is 1.61. The molecule has 1 aliphatic heterocycles. The van der Waals surface area contributed by atoms with Crippen molar-refractivity contribution in [3.8, 4) is 17.2 Å². The number of likely N-dealkylation sites (N-methyl/N-ethyl adjacent to an activating group) is 1. The van der Waals surface area contributed by atoms with Crippen LogP contribution >= 0.6 is 0 Å². The van der Waals surface area contributed by atoms with E-state index in [1.54, 1.807) is 37.3 Å². The molecule has 2 heterocycles. The van der Waals surface area contributed by atoms with Crippen LogP contribution in [-0.4, -0.2) is 60.7 Å². The molecule has 1 N–H and O–H groups in total. The van der Waals surface area contributed by atoms with Crippen LogP contribution in [0.25, 0.3) is 11.0 Å². The molecule has 8 nitrogen and oxygen atoms in total. The lowest BCUT2D eigenvalue weighted by Crippen LogP contribution is -2.43. The van der Waals surface area contributed by atoms with E-state index in [0.29, 0.717) is 46.8 Å². The number of carbonyl (C=O) groups is 1. The fourth-order valence-electron chi connectivity index (χ4n) is 3.95. The van der Waals surface area contributed by atoms with Crippen molar-refractivity contribution in [3.05, 3.63) is 63.5 Å². The summed E-state index contributed by atoms with van der Waals surface area (Å²) in [6.07, 6.45) is 0.749. The number of piperazine rings is 1. The van der Waals surface area contributed by atoms with E-state index in [4.69, 9.17) is 13.9 Å². The number of esters is 1. The van der Waals surface area contributed by atoms with Crippen molar-refractivity contribution in [1.82, 2.24) is 9.80 Å². The number of phenolic OH excluding ortho intramolecular Hbond substituents is 1. The molecule has 1 fully saturated rings. The van der Waals surface area contributed by atoms with Gasteiger partial charge in [-0.15, -0.1) is 0 Å². The number of rotatable bonds is 7. The van der Waals surface area contributed by atoms with E-state index in [1.807, 2.05) is 6.92 Å². The summed E-state index contributed by atoms with van der Waals surface area (Å²) in [6.45, 7) is 8.09. The first-order valence-electron chi connectivity index (χ1n) is 11.5. The predicted octanol–water partition coefficient (Wildman–Crippen LogP) is 3.91. The minimum atomic E-state index is -0.400. The Morgan fingerprint density at radius 3 is 2.47 bits per heavy atom. The van der Waals surface area contributed by atoms with Crippen LogP contribution in [0.2, 0.25) is 0 Å². The van der Waals surface area contributed by atoms with Crippen LogP contribution in [0, 0.1) is 6.92 Å². The molecule has 0 amide bonds. The summed E-state index contributed by atoms with van der Waals surface area (Å²) in [5, 5.41) is 10.9. The van der Waals surface area contributed by atoms with Gasteiger partial charge in [0.1, 0.15) is 22.8 Å². The van der Waals surface area contributed by atoms with Gasteiger partial charge in [-0.25, -0.2) is 4.79 Å². The van der Waals surface area contributed by atoms with E-state index in [1.165, 1.54) is 6.07 Å². The van der Waals surface area contributed by atoms with Crippen molar-refractivity contribution in [2.75, 3.05) is 39.8 Å². The molecule has 180 valence electrons. The second kappa shape index (κ2) is 10.3. The molecule has 1 aromatic heterocycles. The van der Waals surface area contributed by atoms with Crippen molar-refractivity contribution in [2.24, 2.45) is 0 Å². The molecule has 0 saturated carbocycles. The Morgan fingerprint density at radius 2 is 1.79 bits per heavy atom. The molecule has 34 heavy (non-hydrogen) atoms. The lowest BCUT2D eigenvalue weighted by atomic mass is 10.1. The second-order valence-electron chi connectivity index (χ2n) is 8.60. The highest BCUT2D eigenvalue weighted by molar-refractivity contribution is 5.89. The molecular weight excluding hydrogens is 436 g/mol. The van der Waals surface area contributed by atoms with Gasteiger partial charge in [0, 0.05) is 32.7 Å². The number of benzene rings is 2. The normalized spacial score (nSPS) is 14.9. The summed E-state index contributed by atoms with van der Waals surface area (Å²) < 4.78 is 17.0. The topological polar surface area (TPSA) is 92.5 Å². The lowest BCUT2D eigenvalue weighted by molar-refractivity contribution is 0.0505. The molecule has 3 aromatic rings. The van der Waals surface area contributed by atoms with Gasteiger partial charge in [0.05, 0.1) is 23.1 Å². The first-order valence-corrected chi connectivity index (χ1v) is 11.5. The Bertz CT molecular complexity index is 1230. The average molecular weight is 467 g/mol. The number of nitrogens with zero attached hydrogens (tertiary/aromatic N) is 2. The smallest absolute Gasteiger partial charge is 0.338 e. The standard InChI is InChI=1S/C26H30N2O6/c1-4-15-32-26(31)18-5-7-19(8-6-18)34-24-17(2)33-25-20(23(24)30)9-10-22(29)21(25)16-28-13-11-27(3)12-14-28/h5-10,29H,4,11-16H2,1-3H3. The molecule has 0 aliphatic carbocycles. The average Bonchev–Trinajstić information content (AvgIpc) is 2.83. The maximum Gasteiger partial charge on any atom is 0.338 e. The molecule has 0 unspecified atom stereocenters. The maximum absolute atomic E-state index is 13.3. The number of phenols is 1. The van der Waals surface area contributed by atoms with Crippen LogP contribution in [0.4, 0.5) is 0 Å². The Morgan fingerprint density at radius 1 is 1.09 bits per heavy atom. The third-order valence-electron chi connectivity index (χ3n) is 5.99. The van der Waals surface area contributed by atoms with Crippen molar-refractivity contribution < 1.29 is 23.8 Å². The first-order chi connectivity index (χ1) is 16.4. The largest absolute Gasteiger partial charge is 0.507 e. The van der Waals surface area contributed by atoms with Gasteiger partial charge >= 0.3 is 5.97 Å². The van der Waals surface area contributed by atoms with Crippen molar-refractivity contribution in [2.45, 2.75) is 26.8 Å². The Hall–Kier alpha value is -3.36. The molecule has 1 saturated heterocycles. The van der Waals surface area contributed by atoms with Gasteiger partial charge in [-0.1, -0.05) is 6.92 Å². The summed E-state index contributed by atoms with van der Waals surface area (Å²) in [6, 6.07) is 9.50. The zero-order chi connectivity index (χ0) is 24.2. The van der Waals surface area contributed by atoms with E-state index in [2.05, 4.69) is 16.8 Å². The molecule has 1 aliphatic rings. The number of hydrogen-bond donors (Lipinski definition) is 1. The molecule has 8 heteroatoms. The predicted molar refractivity (Wildman–Crippen MR) is 129 cm³/mol. The molecule has 0 radical (unpaired) electrons. The molecule has 0 bridgehead atoms. The summed E-state index contributed by atoms with van der Waals surface area (Å²) in [5.74, 6) is 0.494. The number of ether oxygens (including phenoxy) is 2. The number of fused-ring (bicyclic) bond motifs is 1. The van der Waals surface area contributed by atoms with E-state index < -0.39 is 5.97 Å². The van der Waals surface area contributed by atoms with Gasteiger partial charge in [0.15, 0.2) is 0 Å². The van der Waals surface area contributed by atoms with Crippen LogP contribution in [0.1, 0.15) is 35.0 Å². The van der Waals surface area contributed by atoms with E-state index >= 15 is 0 Å². The van der Waals surface area contributed by atoms with E-state index in [9.17, 15) is 14.7 Å². The van der Waals surface area contributed by atoms with Crippen LogP contribution < -0.4 is 10.2 Å². The maximum atomic E-state index is 13.3. The fourth-order valence-corrected chi connectivity index (χ4v) is 3.95. The second-order valence-corrected chi connectivity index (χ2v) is 8.60. The van der Waals surface area contributed by atoms with Gasteiger partial charge in [-0.05, 0) is 56.8 Å². The van der Waals surface area contributed by atoms with Gasteiger partial charge in [0.2, 0.25) is 11.2 Å². The van der Waals surface area contributed by atoms with E-state index in [0.717, 1.165) is 32.6 Å². The lowest BCUT2D eigenvalue weighted by Gasteiger charge is -2.32. The zero-order valence-corrected chi connectivity index (χ0v) is 19.8. The SMILES string of the molecule is CCCOC(=O)c1ccc(Oc2c(C)oc3c(CN4CCN(C)CC4)c(O)ccc3c2=O)cc1. The Labute approximate surface area is 198 Å². The van der Waals surface area contributed by atoms with E-state index in [-0.39, 0.29) is 16.9 Å². The van der Waals surface area contributed by atoms with Crippen molar-refractivity contribution >= 4 is 16.9 Å². The summed E-state index contributed by atoms with van der Waals surface area (Å²) in [5.41, 5.74) is 1.07. The molecule has 4 rings (SSSR count).